The van der Waals surface area contributed by atoms with E-state index in [1.807, 2.05) is 0 Å². The zero-order chi connectivity index (χ0) is 10.6. The summed E-state index contributed by atoms with van der Waals surface area (Å²) < 4.78 is 6.36. The number of halogens is 2. The predicted octanol–water partition coefficient (Wildman–Crippen LogP) is 2.71. The van der Waals surface area contributed by atoms with Gasteiger partial charge in [0.05, 0.1) is 7.11 Å². The number of hydrogen-bond acceptors (Lipinski definition) is 3. The van der Waals surface area contributed by atoms with E-state index in [9.17, 15) is 4.79 Å². The van der Waals surface area contributed by atoms with Gasteiger partial charge in [-0.3, -0.25) is 9.78 Å². The minimum atomic E-state index is -0.208. The Morgan fingerprint density at radius 1 is 1.43 bits per heavy atom. The summed E-state index contributed by atoms with van der Waals surface area (Å²) in [5.41, 5.74) is 1.03. The number of aromatic nitrogens is 1. The Hall–Kier alpha value is -0.420. The number of nitrogens with zero attached hydrogens (tertiary/aromatic N) is 1. The molecule has 1 aromatic rings. The summed E-state index contributed by atoms with van der Waals surface area (Å²) in [7, 11) is 1.39. The Kier molecular flexibility index (Phi) is 4.54. The molecule has 0 radical (unpaired) electrons. The van der Waals surface area contributed by atoms with Crippen LogP contribution in [0.5, 0.6) is 0 Å². The third kappa shape index (κ3) is 3.06. The zero-order valence-corrected chi connectivity index (χ0v) is 10.8. The summed E-state index contributed by atoms with van der Waals surface area (Å²) in [6.07, 6.45) is 4.42. The molecule has 0 fully saturated rings. The van der Waals surface area contributed by atoms with E-state index in [0.29, 0.717) is 12.8 Å². The van der Waals surface area contributed by atoms with Crippen molar-refractivity contribution in [3.8, 4) is 0 Å². The highest BCUT2D eigenvalue weighted by Gasteiger charge is 2.08. The fourth-order valence-corrected chi connectivity index (χ4v) is 2.33. The molecule has 0 saturated heterocycles. The van der Waals surface area contributed by atoms with Gasteiger partial charge in [-0.25, -0.2) is 0 Å². The van der Waals surface area contributed by atoms with Gasteiger partial charge in [0.15, 0.2) is 0 Å². The highest BCUT2D eigenvalue weighted by Crippen LogP contribution is 2.24. The highest BCUT2D eigenvalue weighted by atomic mass is 79.9. The van der Waals surface area contributed by atoms with E-state index < -0.39 is 0 Å². The standard InChI is InChI=1S/C9H9Br2NO2/c1-14-9(13)3-2-6-7(10)4-12-5-8(6)11/h4-5H,2-3H2,1H3. The van der Waals surface area contributed by atoms with Crippen LogP contribution in [0, 0.1) is 0 Å². The Morgan fingerprint density at radius 2 is 2.00 bits per heavy atom. The minimum Gasteiger partial charge on any atom is -0.469 e. The van der Waals surface area contributed by atoms with E-state index in [1.54, 1.807) is 12.4 Å². The van der Waals surface area contributed by atoms with Gasteiger partial charge in [-0.05, 0) is 43.8 Å². The zero-order valence-electron chi connectivity index (χ0n) is 7.59. The molecule has 3 nitrogen and oxygen atoms in total. The molecule has 0 atom stereocenters. The quantitative estimate of drug-likeness (QED) is 0.803. The molecular formula is C9H9Br2NO2. The lowest BCUT2D eigenvalue weighted by Crippen LogP contribution is -2.02. The molecule has 0 bridgehead atoms. The number of carbonyl (C=O) groups is 1. The van der Waals surface area contributed by atoms with E-state index in [1.165, 1.54) is 7.11 Å². The van der Waals surface area contributed by atoms with Gasteiger partial charge < -0.3 is 4.74 Å². The second-order valence-corrected chi connectivity index (χ2v) is 4.37. The topological polar surface area (TPSA) is 39.2 Å². The smallest absolute Gasteiger partial charge is 0.305 e. The number of methoxy groups -OCH3 is 1. The van der Waals surface area contributed by atoms with Gasteiger partial charge in [0, 0.05) is 27.8 Å². The second kappa shape index (κ2) is 5.46. The molecule has 1 aromatic heterocycles. The molecule has 1 rings (SSSR count). The first-order chi connectivity index (χ1) is 6.65. The van der Waals surface area contributed by atoms with E-state index in [0.717, 1.165) is 14.5 Å². The van der Waals surface area contributed by atoms with Crippen molar-refractivity contribution in [2.45, 2.75) is 12.8 Å². The average Bonchev–Trinajstić information content (AvgIpc) is 2.16. The van der Waals surface area contributed by atoms with Gasteiger partial charge in [0.2, 0.25) is 0 Å². The predicted molar refractivity (Wildman–Crippen MR) is 60.0 cm³/mol. The van der Waals surface area contributed by atoms with Crippen molar-refractivity contribution >= 4 is 37.8 Å². The van der Waals surface area contributed by atoms with Crippen LogP contribution in [0.1, 0.15) is 12.0 Å². The van der Waals surface area contributed by atoms with Crippen molar-refractivity contribution in [2.24, 2.45) is 0 Å². The lowest BCUT2D eigenvalue weighted by Gasteiger charge is -2.05. The number of hydrogen-bond donors (Lipinski definition) is 0. The van der Waals surface area contributed by atoms with Crippen molar-refractivity contribution in [3.05, 3.63) is 26.9 Å². The summed E-state index contributed by atoms with van der Waals surface area (Å²) in [5.74, 6) is -0.208. The Labute approximate surface area is 99.1 Å². The average molecular weight is 323 g/mol. The van der Waals surface area contributed by atoms with Crippen LogP contribution < -0.4 is 0 Å². The molecule has 76 valence electrons. The van der Waals surface area contributed by atoms with Gasteiger partial charge in [-0.15, -0.1) is 0 Å². The maximum atomic E-state index is 10.9. The number of esters is 1. The largest absolute Gasteiger partial charge is 0.469 e. The normalized spacial score (nSPS) is 9.93. The van der Waals surface area contributed by atoms with Gasteiger partial charge in [0.1, 0.15) is 0 Å². The van der Waals surface area contributed by atoms with Crippen LogP contribution in [0.25, 0.3) is 0 Å². The van der Waals surface area contributed by atoms with E-state index >= 15 is 0 Å². The summed E-state index contributed by atoms with van der Waals surface area (Å²) >= 11 is 6.75. The van der Waals surface area contributed by atoms with E-state index in [-0.39, 0.29) is 5.97 Å². The first kappa shape index (κ1) is 11.7. The second-order valence-electron chi connectivity index (χ2n) is 2.66. The number of ether oxygens (including phenoxy) is 1. The van der Waals surface area contributed by atoms with Crippen LogP contribution in [-0.2, 0) is 16.0 Å². The third-order valence-electron chi connectivity index (χ3n) is 1.76. The Bertz CT molecular complexity index is 321. The lowest BCUT2D eigenvalue weighted by molar-refractivity contribution is -0.140. The van der Waals surface area contributed by atoms with Crippen molar-refractivity contribution in [1.82, 2.24) is 4.98 Å². The van der Waals surface area contributed by atoms with Gasteiger partial charge in [-0.2, -0.15) is 0 Å². The Morgan fingerprint density at radius 3 is 2.50 bits per heavy atom. The molecule has 0 unspecified atom stereocenters. The molecule has 0 aliphatic rings. The Balaban J connectivity index is 2.71. The molecule has 0 aliphatic heterocycles. The molecular weight excluding hydrogens is 314 g/mol. The summed E-state index contributed by atoms with van der Waals surface area (Å²) in [5, 5.41) is 0. The number of pyridine rings is 1. The summed E-state index contributed by atoms with van der Waals surface area (Å²) in [6.45, 7) is 0. The fourth-order valence-electron chi connectivity index (χ4n) is 1.01. The maximum Gasteiger partial charge on any atom is 0.305 e. The number of rotatable bonds is 3. The minimum absolute atomic E-state index is 0.208. The molecule has 0 aromatic carbocycles. The van der Waals surface area contributed by atoms with Crippen molar-refractivity contribution < 1.29 is 9.53 Å². The highest BCUT2D eigenvalue weighted by molar-refractivity contribution is 9.11. The molecule has 5 heteroatoms. The van der Waals surface area contributed by atoms with Gasteiger partial charge in [0.25, 0.3) is 0 Å². The molecule has 0 saturated carbocycles. The summed E-state index contributed by atoms with van der Waals surface area (Å²) in [6, 6.07) is 0. The summed E-state index contributed by atoms with van der Waals surface area (Å²) in [4.78, 5) is 14.9. The van der Waals surface area contributed by atoms with Crippen LogP contribution in [-0.4, -0.2) is 18.1 Å². The van der Waals surface area contributed by atoms with Gasteiger partial charge >= 0.3 is 5.97 Å². The molecule has 1 heterocycles. The SMILES string of the molecule is COC(=O)CCc1c(Br)cncc1Br. The van der Waals surface area contributed by atoms with Crippen LogP contribution >= 0.6 is 31.9 Å². The molecule has 0 aliphatic carbocycles. The first-order valence-corrected chi connectivity index (χ1v) is 5.58. The monoisotopic (exact) mass is 321 g/mol. The third-order valence-corrected chi connectivity index (χ3v) is 3.13. The molecule has 14 heavy (non-hydrogen) atoms. The molecule has 0 spiro atoms. The van der Waals surface area contributed by atoms with E-state index in [4.69, 9.17) is 0 Å². The van der Waals surface area contributed by atoms with Crippen molar-refractivity contribution in [3.63, 3.8) is 0 Å². The van der Waals surface area contributed by atoms with Crippen LogP contribution in [0.2, 0.25) is 0 Å². The van der Waals surface area contributed by atoms with E-state index in [2.05, 4.69) is 41.6 Å². The maximum absolute atomic E-state index is 10.9. The van der Waals surface area contributed by atoms with Crippen LogP contribution in [0.3, 0.4) is 0 Å². The number of carbonyl (C=O) groups excluding carboxylic acids is 1. The van der Waals surface area contributed by atoms with Crippen LogP contribution in [0.4, 0.5) is 0 Å². The lowest BCUT2D eigenvalue weighted by atomic mass is 10.1. The molecule has 0 amide bonds. The van der Waals surface area contributed by atoms with Crippen molar-refractivity contribution in [1.29, 1.82) is 0 Å². The van der Waals surface area contributed by atoms with Crippen LogP contribution in [0.15, 0.2) is 21.3 Å². The van der Waals surface area contributed by atoms with Gasteiger partial charge in [-0.1, -0.05) is 0 Å². The first-order valence-electron chi connectivity index (χ1n) is 4.00. The van der Waals surface area contributed by atoms with Crippen molar-refractivity contribution in [2.75, 3.05) is 7.11 Å². The molecule has 0 N–H and O–H groups in total. The fraction of sp³-hybridized carbons (Fsp3) is 0.333.